The fourth-order valence-electron chi connectivity index (χ4n) is 2.26. The molecule has 20 heavy (non-hydrogen) atoms. The van der Waals surface area contributed by atoms with Gasteiger partial charge in [-0.25, -0.2) is 14.4 Å². The first-order chi connectivity index (χ1) is 9.79. The zero-order valence-electron chi connectivity index (χ0n) is 10.6. The molecule has 0 radical (unpaired) electrons. The number of rotatable bonds is 3. The summed E-state index contributed by atoms with van der Waals surface area (Å²) in [6, 6.07) is 6.45. The number of hydrogen-bond donors (Lipinski definition) is 2. The summed E-state index contributed by atoms with van der Waals surface area (Å²) in [4.78, 5) is 8.27. The van der Waals surface area contributed by atoms with Crippen LogP contribution in [-0.2, 0) is 0 Å². The molecule has 0 aliphatic heterocycles. The number of H-pyrrole nitrogens is 1. The topological polar surface area (TPSA) is 66.5 Å². The molecule has 2 heterocycles. The standard InChI is InChI=1S/C14H12FN5/c15-9-3-4-10-12(5-9)16-7-17-14(10)18-13-6-11(19-20-13)8-1-2-8/h3-8H,1-2H2,(H2,16,17,18,19,20). The molecule has 4 rings (SSSR count). The van der Waals surface area contributed by atoms with Crippen molar-refractivity contribution in [1.29, 1.82) is 0 Å². The molecule has 3 aromatic rings. The monoisotopic (exact) mass is 269 g/mol. The number of anilines is 2. The lowest BCUT2D eigenvalue weighted by Gasteiger charge is -2.05. The van der Waals surface area contributed by atoms with Crippen LogP contribution in [-0.4, -0.2) is 20.2 Å². The van der Waals surface area contributed by atoms with Gasteiger partial charge in [0.15, 0.2) is 5.82 Å². The molecule has 0 atom stereocenters. The zero-order valence-corrected chi connectivity index (χ0v) is 10.6. The van der Waals surface area contributed by atoms with Gasteiger partial charge in [-0.15, -0.1) is 0 Å². The molecule has 1 aromatic carbocycles. The molecule has 0 saturated heterocycles. The van der Waals surface area contributed by atoms with Crippen LogP contribution in [0.15, 0.2) is 30.6 Å². The lowest BCUT2D eigenvalue weighted by molar-refractivity contribution is 0.629. The first-order valence-corrected chi connectivity index (χ1v) is 6.52. The number of fused-ring (bicyclic) bond motifs is 1. The highest BCUT2D eigenvalue weighted by Gasteiger charge is 2.25. The van der Waals surface area contributed by atoms with Gasteiger partial charge in [-0.1, -0.05) is 0 Å². The maximum Gasteiger partial charge on any atom is 0.153 e. The molecule has 1 aliphatic carbocycles. The van der Waals surface area contributed by atoms with Crippen molar-refractivity contribution < 1.29 is 4.39 Å². The number of aromatic amines is 1. The first kappa shape index (κ1) is 11.3. The van der Waals surface area contributed by atoms with E-state index in [1.54, 1.807) is 6.07 Å². The summed E-state index contributed by atoms with van der Waals surface area (Å²) in [6.07, 6.45) is 3.85. The number of nitrogens with one attached hydrogen (secondary N) is 2. The molecule has 0 spiro atoms. The number of hydrogen-bond acceptors (Lipinski definition) is 4. The predicted octanol–water partition coefficient (Wildman–Crippen LogP) is 3.11. The van der Waals surface area contributed by atoms with Crippen molar-refractivity contribution >= 4 is 22.5 Å². The van der Waals surface area contributed by atoms with Crippen molar-refractivity contribution in [3.63, 3.8) is 0 Å². The quantitative estimate of drug-likeness (QED) is 0.766. The average molecular weight is 269 g/mol. The molecule has 2 N–H and O–H groups in total. The van der Waals surface area contributed by atoms with Crippen molar-refractivity contribution in [3.8, 4) is 0 Å². The Labute approximate surface area is 114 Å². The van der Waals surface area contributed by atoms with Gasteiger partial charge in [0.1, 0.15) is 18.0 Å². The second-order valence-electron chi connectivity index (χ2n) is 4.99. The van der Waals surface area contributed by atoms with Crippen LogP contribution in [0.3, 0.4) is 0 Å². The second kappa shape index (κ2) is 4.26. The maximum atomic E-state index is 13.2. The minimum Gasteiger partial charge on any atom is -0.323 e. The minimum absolute atomic E-state index is 0.307. The Bertz CT molecular complexity index is 778. The fourth-order valence-corrected chi connectivity index (χ4v) is 2.26. The van der Waals surface area contributed by atoms with Crippen molar-refractivity contribution in [2.45, 2.75) is 18.8 Å². The number of halogens is 1. The molecule has 1 fully saturated rings. The van der Waals surface area contributed by atoms with E-state index in [9.17, 15) is 4.39 Å². The highest BCUT2D eigenvalue weighted by Crippen LogP contribution is 2.39. The second-order valence-corrected chi connectivity index (χ2v) is 4.99. The third-order valence-electron chi connectivity index (χ3n) is 3.46. The Morgan fingerprint density at radius 3 is 2.95 bits per heavy atom. The number of nitrogens with zero attached hydrogens (tertiary/aromatic N) is 3. The molecule has 5 nitrogen and oxygen atoms in total. The summed E-state index contributed by atoms with van der Waals surface area (Å²) in [7, 11) is 0. The summed E-state index contributed by atoms with van der Waals surface area (Å²) >= 11 is 0. The summed E-state index contributed by atoms with van der Waals surface area (Å²) in [5.41, 5.74) is 1.72. The summed E-state index contributed by atoms with van der Waals surface area (Å²) < 4.78 is 13.2. The molecular weight excluding hydrogens is 257 g/mol. The highest BCUT2D eigenvalue weighted by atomic mass is 19.1. The van der Waals surface area contributed by atoms with E-state index in [1.165, 1.54) is 31.3 Å². The lowest BCUT2D eigenvalue weighted by Crippen LogP contribution is -1.96. The van der Waals surface area contributed by atoms with Gasteiger partial charge in [0.25, 0.3) is 0 Å². The molecule has 1 saturated carbocycles. The normalized spacial score (nSPS) is 14.7. The Morgan fingerprint density at radius 1 is 1.20 bits per heavy atom. The number of benzene rings is 1. The van der Waals surface area contributed by atoms with Gasteiger partial charge in [-0.05, 0) is 25.0 Å². The Hall–Kier alpha value is -2.50. The lowest BCUT2D eigenvalue weighted by atomic mass is 10.2. The molecule has 2 aromatic heterocycles. The number of aromatic nitrogens is 4. The zero-order chi connectivity index (χ0) is 13.5. The van der Waals surface area contributed by atoms with Crippen LogP contribution in [0.4, 0.5) is 16.0 Å². The van der Waals surface area contributed by atoms with E-state index in [2.05, 4.69) is 25.5 Å². The van der Waals surface area contributed by atoms with Gasteiger partial charge in [0, 0.05) is 29.1 Å². The van der Waals surface area contributed by atoms with Crippen molar-refractivity contribution in [2.24, 2.45) is 0 Å². The van der Waals surface area contributed by atoms with Crippen LogP contribution in [0, 0.1) is 5.82 Å². The van der Waals surface area contributed by atoms with Gasteiger partial charge in [0.05, 0.1) is 5.52 Å². The van der Waals surface area contributed by atoms with Crippen molar-refractivity contribution in [3.05, 3.63) is 42.1 Å². The van der Waals surface area contributed by atoms with Crippen LogP contribution in [0.25, 0.3) is 10.9 Å². The third-order valence-corrected chi connectivity index (χ3v) is 3.46. The minimum atomic E-state index is -0.307. The van der Waals surface area contributed by atoms with E-state index < -0.39 is 0 Å². The largest absolute Gasteiger partial charge is 0.323 e. The van der Waals surface area contributed by atoms with E-state index in [0.717, 1.165) is 16.9 Å². The summed E-state index contributed by atoms with van der Waals surface area (Å²) in [5, 5.41) is 11.2. The summed E-state index contributed by atoms with van der Waals surface area (Å²) in [5.74, 6) is 1.66. The van der Waals surface area contributed by atoms with Crippen LogP contribution in [0.1, 0.15) is 24.5 Å². The molecule has 0 bridgehead atoms. The van der Waals surface area contributed by atoms with Gasteiger partial charge in [-0.3, -0.25) is 5.10 Å². The highest BCUT2D eigenvalue weighted by molar-refractivity contribution is 5.90. The third kappa shape index (κ3) is 1.99. The van der Waals surface area contributed by atoms with E-state index in [4.69, 9.17) is 0 Å². The van der Waals surface area contributed by atoms with Crippen LogP contribution in [0.2, 0.25) is 0 Å². The van der Waals surface area contributed by atoms with E-state index in [-0.39, 0.29) is 5.82 Å². The van der Waals surface area contributed by atoms with Gasteiger partial charge >= 0.3 is 0 Å². The first-order valence-electron chi connectivity index (χ1n) is 6.52. The maximum absolute atomic E-state index is 13.2. The average Bonchev–Trinajstić information content (AvgIpc) is 3.19. The van der Waals surface area contributed by atoms with Gasteiger partial charge < -0.3 is 5.32 Å². The SMILES string of the molecule is Fc1ccc2c(Nc3cc(C4CC4)[nH]n3)ncnc2c1. The molecule has 0 amide bonds. The van der Waals surface area contributed by atoms with Crippen LogP contribution >= 0.6 is 0 Å². The van der Waals surface area contributed by atoms with E-state index >= 15 is 0 Å². The Morgan fingerprint density at radius 2 is 2.10 bits per heavy atom. The summed E-state index contributed by atoms with van der Waals surface area (Å²) in [6.45, 7) is 0. The predicted molar refractivity (Wildman–Crippen MR) is 73.3 cm³/mol. The van der Waals surface area contributed by atoms with Crippen molar-refractivity contribution in [1.82, 2.24) is 20.2 Å². The fraction of sp³-hybridized carbons (Fsp3) is 0.214. The van der Waals surface area contributed by atoms with Crippen LogP contribution < -0.4 is 5.32 Å². The molecule has 100 valence electrons. The molecule has 6 heteroatoms. The molecule has 1 aliphatic rings. The van der Waals surface area contributed by atoms with E-state index in [1.807, 2.05) is 6.07 Å². The van der Waals surface area contributed by atoms with Crippen molar-refractivity contribution in [2.75, 3.05) is 5.32 Å². The van der Waals surface area contributed by atoms with Gasteiger partial charge in [0.2, 0.25) is 0 Å². The van der Waals surface area contributed by atoms with Gasteiger partial charge in [-0.2, -0.15) is 5.10 Å². The Kier molecular flexibility index (Phi) is 2.42. The molecule has 0 unspecified atom stereocenters. The Balaban J connectivity index is 1.70. The smallest absolute Gasteiger partial charge is 0.153 e. The van der Waals surface area contributed by atoms with E-state index in [0.29, 0.717) is 17.3 Å². The molecular formula is C14H12FN5. The van der Waals surface area contributed by atoms with Crippen LogP contribution in [0.5, 0.6) is 0 Å².